The zero-order valence-electron chi connectivity index (χ0n) is 17.3. The van der Waals surface area contributed by atoms with E-state index in [1.165, 1.54) is 5.56 Å². The van der Waals surface area contributed by atoms with Crippen molar-refractivity contribution in [1.82, 2.24) is 20.1 Å². The first kappa shape index (κ1) is 24.9. The number of pyridine rings is 1. The van der Waals surface area contributed by atoms with Gasteiger partial charge in [0, 0.05) is 58.1 Å². The zero-order chi connectivity index (χ0) is 19.4. The Labute approximate surface area is 190 Å². The molecule has 1 atom stereocenters. The molecule has 1 spiro atoms. The maximum Gasteiger partial charge on any atom is 0.253 e. The maximum absolute atomic E-state index is 12.7. The third-order valence-corrected chi connectivity index (χ3v) is 6.51. The Morgan fingerprint density at radius 1 is 1.20 bits per heavy atom. The monoisotopic (exact) mass is 458 g/mol. The number of carbonyl (C=O) groups excluding carboxylic acids is 2. The molecule has 168 valence electrons. The first-order valence-corrected chi connectivity index (χ1v) is 10.4. The van der Waals surface area contributed by atoms with Gasteiger partial charge in [-0.3, -0.25) is 14.6 Å². The molecule has 4 heterocycles. The third kappa shape index (κ3) is 5.84. The Kier molecular flexibility index (Phi) is 9.34. The molecule has 0 saturated carbocycles. The molecule has 2 amide bonds. The number of rotatable bonds is 4. The second-order valence-electron chi connectivity index (χ2n) is 8.31. The van der Waals surface area contributed by atoms with E-state index in [1.807, 2.05) is 21.9 Å². The van der Waals surface area contributed by atoms with Crippen molar-refractivity contribution in [3.63, 3.8) is 0 Å². The first-order chi connectivity index (χ1) is 13.7. The van der Waals surface area contributed by atoms with E-state index in [0.29, 0.717) is 19.6 Å². The summed E-state index contributed by atoms with van der Waals surface area (Å²) in [6.45, 7) is 5.14. The minimum atomic E-state index is -0.340. The van der Waals surface area contributed by atoms with Gasteiger partial charge in [0.25, 0.3) is 5.91 Å². The van der Waals surface area contributed by atoms with Gasteiger partial charge in [0.1, 0.15) is 6.10 Å². The number of amides is 2. The SMILES string of the molecule is Cl.Cl.O=C1CCC2(CCN(C(=O)C3CNCCO3)CC2)CN1CCc1ccncc1. The molecule has 0 aromatic carbocycles. The van der Waals surface area contributed by atoms with Crippen molar-refractivity contribution >= 4 is 36.6 Å². The zero-order valence-corrected chi connectivity index (χ0v) is 18.9. The fourth-order valence-corrected chi connectivity index (χ4v) is 4.66. The lowest BCUT2D eigenvalue weighted by Crippen LogP contribution is -2.55. The summed E-state index contributed by atoms with van der Waals surface area (Å²) in [6, 6.07) is 4.02. The van der Waals surface area contributed by atoms with Gasteiger partial charge in [0.2, 0.25) is 5.91 Å². The summed E-state index contributed by atoms with van der Waals surface area (Å²) in [5, 5.41) is 3.23. The van der Waals surface area contributed by atoms with E-state index in [9.17, 15) is 9.59 Å². The van der Waals surface area contributed by atoms with Crippen molar-refractivity contribution < 1.29 is 14.3 Å². The number of piperidine rings is 2. The molecule has 4 rings (SSSR count). The number of hydrogen-bond donors (Lipinski definition) is 1. The number of ether oxygens (including phenoxy) is 1. The predicted molar refractivity (Wildman–Crippen MR) is 119 cm³/mol. The number of carbonyl (C=O) groups is 2. The first-order valence-electron chi connectivity index (χ1n) is 10.4. The highest BCUT2D eigenvalue weighted by Gasteiger charge is 2.42. The fourth-order valence-electron chi connectivity index (χ4n) is 4.66. The minimum Gasteiger partial charge on any atom is -0.366 e. The fraction of sp³-hybridized carbons (Fsp3) is 0.667. The normalized spacial score (nSPS) is 23.5. The van der Waals surface area contributed by atoms with Crippen LogP contribution in [-0.2, 0) is 20.7 Å². The molecule has 1 unspecified atom stereocenters. The molecule has 1 aromatic heterocycles. The average molecular weight is 459 g/mol. The predicted octanol–water partition coefficient (Wildman–Crippen LogP) is 1.69. The summed E-state index contributed by atoms with van der Waals surface area (Å²) in [5.74, 6) is 0.378. The molecular formula is C21H32Cl2N4O3. The second kappa shape index (κ2) is 11.3. The quantitative estimate of drug-likeness (QED) is 0.742. The van der Waals surface area contributed by atoms with Crippen LogP contribution in [0.25, 0.3) is 0 Å². The Hall–Kier alpha value is -1.41. The minimum absolute atomic E-state index is 0. The molecule has 3 aliphatic heterocycles. The van der Waals surface area contributed by atoms with Gasteiger partial charge in [0.15, 0.2) is 0 Å². The van der Waals surface area contributed by atoms with Gasteiger partial charge in [-0.15, -0.1) is 24.8 Å². The lowest BCUT2D eigenvalue weighted by atomic mass is 9.72. The molecule has 0 bridgehead atoms. The van der Waals surface area contributed by atoms with Crippen LogP contribution >= 0.6 is 24.8 Å². The van der Waals surface area contributed by atoms with Crippen LogP contribution in [0.1, 0.15) is 31.2 Å². The van der Waals surface area contributed by atoms with Crippen LogP contribution in [0, 0.1) is 5.41 Å². The van der Waals surface area contributed by atoms with Gasteiger partial charge in [-0.2, -0.15) is 0 Å². The Bertz CT molecular complexity index is 693. The van der Waals surface area contributed by atoms with Crippen molar-refractivity contribution in [1.29, 1.82) is 0 Å². The van der Waals surface area contributed by atoms with Crippen LogP contribution in [-0.4, -0.2) is 78.6 Å². The lowest BCUT2D eigenvalue weighted by molar-refractivity contribution is -0.150. The van der Waals surface area contributed by atoms with E-state index in [-0.39, 0.29) is 48.1 Å². The van der Waals surface area contributed by atoms with E-state index in [1.54, 1.807) is 12.4 Å². The lowest BCUT2D eigenvalue weighted by Gasteiger charge is -2.48. The molecule has 3 aliphatic rings. The highest BCUT2D eigenvalue weighted by atomic mass is 35.5. The molecule has 30 heavy (non-hydrogen) atoms. The van der Waals surface area contributed by atoms with Crippen LogP contribution in [0.3, 0.4) is 0 Å². The van der Waals surface area contributed by atoms with Crippen LogP contribution in [0.5, 0.6) is 0 Å². The molecule has 1 N–H and O–H groups in total. The summed E-state index contributed by atoms with van der Waals surface area (Å²) in [5.41, 5.74) is 1.37. The molecule has 9 heteroatoms. The highest BCUT2D eigenvalue weighted by Crippen LogP contribution is 2.40. The van der Waals surface area contributed by atoms with Gasteiger partial charge < -0.3 is 19.9 Å². The van der Waals surface area contributed by atoms with Crippen molar-refractivity contribution in [3.05, 3.63) is 30.1 Å². The van der Waals surface area contributed by atoms with Crippen molar-refractivity contribution in [2.75, 3.05) is 45.9 Å². The number of aromatic nitrogens is 1. The topological polar surface area (TPSA) is 74.8 Å². The van der Waals surface area contributed by atoms with Gasteiger partial charge >= 0.3 is 0 Å². The van der Waals surface area contributed by atoms with Crippen molar-refractivity contribution in [2.45, 2.75) is 38.2 Å². The van der Waals surface area contributed by atoms with Crippen LogP contribution in [0.2, 0.25) is 0 Å². The van der Waals surface area contributed by atoms with Crippen molar-refractivity contribution in [2.24, 2.45) is 5.41 Å². The van der Waals surface area contributed by atoms with Crippen LogP contribution < -0.4 is 5.32 Å². The van der Waals surface area contributed by atoms with Crippen LogP contribution in [0.15, 0.2) is 24.5 Å². The summed E-state index contributed by atoms with van der Waals surface area (Å²) in [6.07, 6.45) is 7.63. The van der Waals surface area contributed by atoms with E-state index >= 15 is 0 Å². The van der Waals surface area contributed by atoms with Gasteiger partial charge in [-0.25, -0.2) is 0 Å². The van der Waals surface area contributed by atoms with Crippen LogP contribution in [0.4, 0.5) is 0 Å². The molecule has 3 saturated heterocycles. The second-order valence-corrected chi connectivity index (χ2v) is 8.31. The van der Waals surface area contributed by atoms with Gasteiger partial charge in [-0.05, 0) is 48.8 Å². The molecule has 1 aromatic rings. The largest absolute Gasteiger partial charge is 0.366 e. The molecular weight excluding hydrogens is 427 g/mol. The maximum atomic E-state index is 12.7. The number of likely N-dealkylation sites (tertiary alicyclic amines) is 2. The molecule has 3 fully saturated rings. The Balaban J connectivity index is 0.00000160. The molecule has 0 radical (unpaired) electrons. The van der Waals surface area contributed by atoms with Gasteiger partial charge in [0.05, 0.1) is 6.61 Å². The Morgan fingerprint density at radius 2 is 1.93 bits per heavy atom. The number of halogens is 2. The Morgan fingerprint density at radius 3 is 2.60 bits per heavy atom. The number of hydrogen-bond acceptors (Lipinski definition) is 5. The van der Waals surface area contributed by atoms with E-state index in [2.05, 4.69) is 10.3 Å². The summed E-state index contributed by atoms with van der Waals surface area (Å²) < 4.78 is 5.62. The van der Waals surface area contributed by atoms with Crippen molar-refractivity contribution in [3.8, 4) is 0 Å². The smallest absolute Gasteiger partial charge is 0.253 e. The van der Waals surface area contributed by atoms with Gasteiger partial charge in [-0.1, -0.05) is 0 Å². The number of nitrogens with zero attached hydrogens (tertiary/aromatic N) is 3. The number of morpholine rings is 1. The van der Waals surface area contributed by atoms with E-state index in [0.717, 1.165) is 58.4 Å². The van der Waals surface area contributed by atoms with E-state index in [4.69, 9.17) is 4.74 Å². The number of nitrogens with one attached hydrogen (secondary N) is 1. The standard InChI is InChI=1S/C21H30N4O3.2ClH/c26-19-1-5-21(16-25(19)11-4-17-2-8-22-9-3-17)6-12-24(13-7-21)20(27)18-15-23-10-14-28-18;;/h2-3,8-9,18,23H,1,4-7,10-16H2;2*1H. The summed E-state index contributed by atoms with van der Waals surface area (Å²) in [7, 11) is 0. The third-order valence-electron chi connectivity index (χ3n) is 6.51. The van der Waals surface area contributed by atoms with E-state index < -0.39 is 0 Å². The molecule has 0 aliphatic carbocycles. The highest BCUT2D eigenvalue weighted by molar-refractivity contribution is 5.85. The summed E-state index contributed by atoms with van der Waals surface area (Å²) >= 11 is 0. The average Bonchev–Trinajstić information content (AvgIpc) is 2.76. The summed E-state index contributed by atoms with van der Waals surface area (Å²) in [4.78, 5) is 33.2. The molecule has 7 nitrogen and oxygen atoms in total.